The molecule has 1 rings (SSSR count). The van der Waals surface area contributed by atoms with Crippen LogP contribution in [0.25, 0.3) is 0 Å². The predicted octanol–water partition coefficient (Wildman–Crippen LogP) is 1.82. The fourth-order valence-electron chi connectivity index (χ4n) is 0.372. The van der Waals surface area contributed by atoms with Gasteiger partial charge in [0.1, 0.15) is 0 Å². The molecule has 1 aromatic rings. The van der Waals surface area contributed by atoms with Gasteiger partial charge >= 0.3 is 43.1 Å². The van der Waals surface area contributed by atoms with Crippen LogP contribution in [-0.4, -0.2) is 18.1 Å². The van der Waals surface area contributed by atoms with Crippen LogP contribution >= 0.6 is 15.9 Å². The first kappa shape index (κ1) is 17.6. The van der Waals surface area contributed by atoms with Crippen LogP contribution in [0.4, 0.5) is 0 Å². The zero-order valence-corrected chi connectivity index (χ0v) is 12.1. The zero-order chi connectivity index (χ0) is 12.6. The molecule has 0 unspecified atom stereocenters. The van der Waals surface area contributed by atoms with Gasteiger partial charge in [-0.3, -0.25) is 0 Å². The molecule has 3 nitrogen and oxygen atoms in total. The van der Waals surface area contributed by atoms with Gasteiger partial charge in [0.15, 0.2) is 0 Å². The first-order valence-electron chi connectivity index (χ1n) is 4.16. The Bertz CT molecular complexity index is 379. The molecule has 0 radical (unpaired) electrons. The Morgan fingerprint density at radius 1 is 1.12 bits per heavy atom. The van der Waals surface area contributed by atoms with Crippen LogP contribution in [0.2, 0.25) is 0 Å². The van der Waals surface area contributed by atoms with Crippen LogP contribution in [0, 0.1) is 6.92 Å². The topological polar surface area (TPSA) is 51.2 Å². The van der Waals surface area contributed by atoms with E-state index in [9.17, 15) is 14.4 Å². The summed E-state index contributed by atoms with van der Waals surface area (Å²) in [5.41, 5.74) is 0. The molecule has 0 saturated heterocycles. The second-order valence-electron chi connectivity index (χ2n) is 2.06. The van der Waals surface area contributed by atoms with E-state index in [4.69, 9.17) is 0 Å². The minimum absolute atomic E-state index is 0.986. The van der Waals surface area contributed by atoms with Crippen LogP contribution in [0.5, 0.6) is 0 Å². The Hall–Kier alpha value is -0.742. The molecular weight excluding hydrogens is 356 g/mol. The average molecular weight is 367 g/mol. The van der Waals surface area contributed by atoms with Gasteiger partial charge in [0.05, 0.1) is 0 Å². The number of carbonyl (C=O) groups excluding carboxylic acids is 3. The van der Waals surface area contributed by atoms with Gasteiger partial charge in [0.2, 0.25) is 0 Å². The molecule has 0 amide bonds. The smallest absolute Gasteiger partial charge is 0.0241 e. The van der Waals surface area contributed by atoms with Crippen LogP contribution in [0.1, 0.15) is 6.42 Å². The molecule has 0 saturated carbocycles. The molecule has 0 fully saturated rings. The second kappa shape index (κ2) is 16.7. The van der Waals surface area contributed by atoms with E-state index in [0.717, 1.165) is 11.8 Å². The maximum absolute atomic E-state index is 9.39. The molecular formula is C11H11BrMoO3-2. The monoisotopic (exact) mass is 368 g/mol. The molecule has 0 heterocycles. The number of alkyl halides is 1. The van der Waals surface area contributed by atoms with E-state index in [1.165, 1.54) is 12.8 Å². The van der Waals surface area contributed by atoms with Crippen molar-refractivity contribution in [3.63, 3.8) is 0 Å². The molecule has 0 N–H and O–H groups in total. The molecule has 88 valence electrons. The van der Waals surface area contributed by atoms with Crippen molar-refractivity contribution in [1.29, 1.82) is 0 Å². The van der Waals surface area contributed by atoms with E-state index in [-0.39, 0.29) is 0 Å². The summed E-state index contributed by atoms with van der Waals surface area (Å²) in [5, 5.41) is 1.02. The Balaban J connectivity index is 0. The van der Waals surface area contributed by atoms with Crippen molar-refractivity contribution < 1.29 is 30.3 Å². The number of hydrogen-bond acceptors (Lipinski definition) is 3. The number of rotatable bonds is 1. The van der Waals surface area contributed by atoms with Gasteiger partial charge in [-0.15, -0.1) is 0 Å². The molecule has 16 heavy (non-hydrogen) atoms. The molecule has 5 heteroatoms. The van der Waals surface area contributed by atoms with Gasteiger partial charge in [0, 0.05) is 0 Å². The molecule has 0 aliphatic carbocycles. The summed E-state index contributed by atoms with van der Waals surface area (Å²) in [5.74, 6) is 0. The molecule has 0 aliphatic heterocycles. The molecule has 0 atom stereocenters. The largest absolute Gasteiger partial charge is 0.343 e. The Morgan fingerprint density at radius 3 is 1.56 bits per heavy atom. The maximum Gasteiger partial charge on any atom is -0.0241 e. The molecule has 0 aliphatic rings. The van der Waals surface area contributed by atoms with Crippen molar-refractivity contribution in [3.8, 4) is 0 Å². The van der Waals surface area contributed by atoms with Crippen LogP contribution in [-0.2, 0) is 30.3 Å². The summed E-state index contributed by atoms with van der Waals surface area (Å²) in [6.07, 6.45) is 0.986. The van der Waals surface area contributed by atoms with Gasteiger partial charge < -0.3 is 6.92 Å². The Labute approximate surface area is 108 Å². The van der Waals surface area contributed by atoms with E-state index in [2.05, 4.69) is 22.9 Å². The summed E-state index contributed by atoms with van der Waals surface area (Å²) in [6.45, 7) is 3.56. The first-order chi connectivity index (χ1) is 7.76. The number of hydrogen-bond donors (Lipinski definition) is 0. The van der Waals surface area contributed by atoms with Crippen LogP contribution < -0.4 is 0 Å². The van der Waals surface area contributed by atoms with E-state index in [0.29, 0.717) is 0 Å². The van der Waals surface area contributed by atoms with E-state index in [1.54, 1.807) is 0 Å². The fraction of sp³-hybridized carbons (Fsp3) is 0.182. The van der Waals surface area contributed by atoms with E-state index >= 15 is 0 Å². The van der Waals surface area contributed by atoms with Crippen molar-refractivity contribution in [2.75, 3.05) is 5.33 Å². The van der Waals surface area contributed by atoms with Crippen molar-refractivity contribution in [2.45, 2.75) is 6.42 Å². The summed E-state index contributed by atoms with van der Waals surface area (Å²) in [4.78, 5) is 28.2. The van der Waals surface area contributed by atoms with Gasteiger partial charge in [-0.2, -0.15) is 24.6 Å². The molecule has 0 spiro atoms. The predicted molar refractivity (Wildman–Crippen MR) is 62.9 cm³/mol. The third-order valence-electron chi connectivity index (χ3n) is 0.939. The van der Waals surface area contributed by atoms with Crippen molar-refractivity contribution in [3.05, 3.63) is 37.3 Å². The quantitative estimate of drug-likeness (QED) is 0.432. The third-order valence-corrected chi connectivity index (χ3v) is 2.73. The summed E-state index contributed by atoms with van der Waals surface area (Å²) in [6, 6.07) is 10.0. The zero-order valence-electron chi connectivity index (χ0n) is 8.52. The molecule has 0 bridgehead atoms. The van der Waals surface area contributed by atoms with Crippen molar-refractivity contribution in [1.82, 2.24) is 0 Å². The maximum atomic E-state index is 9.39. The van der Waals surface area contributed by atoms with Crippen molar-refractivity contribution >= 4 is 28.7 Å². The van der Waals surface area contributed by atoms with Gasteiger partial charge in [-0.25, -0.2) is 12.1 Å². The van der Waals surface area contributed by atoms with Gasteiger partial charge in [0.25, 0.3) is 0 Å². The Kier molecular flexibility index (Phi) is 18.4. The first-order valence-corrected chi connectivity index (χ1v) is 8.29. The Morgan fingerprint density at radius 2 is 1.50 bits per heavy atom. The van der Waals surface area contributed by atoms with Gasteiger partial charge in [-0.1, -0.05) is 15.9 Å². The standard InChI is InChI=1S/C5H5.C3H6Br.3CO.Mo/c1-2-4-5-3-1;1-2-3-4;3*1-2;/h1-5H;1-3H2;;;;/q2*-1;;;;. The summed E-state index contributed by atoms with van der Waals surface area (Å²) in [7, 11) is 0. The molecule has 0 aromatic heterocycles. The fourth-order valence-corrected chi connectivity index (χ4v) is 0.623. The van der Waals surface area contributed by atoms with Crippen LogP contribution in [0.3, 0.4) is 0 Å². The summed E-state index contributed by atoms with van der Waals surface area (Å²) < 4.78 is 3.82. The van der Waals surface area contributed by atoms with E-state index in [1.807, 2.05) is 30.3 Å². The minimum Gasteiger partial charge on any atom is -0.343 e. The average Bonchev–Trinajstić information content (AvgIpc) is 2.90. The third kappa shape index (κ3) is 15.7. The minimum atomic E-state index is -2.85. The normalized spacial score (nSPS) is 6.62. The summed E-state index contributed by atoms with van der Waals surface area (Å²) >= 11 is 0.339. The van der Waals surface area contributed by atoms with Gasteiger partial charge in [-0.05, 0) is 5.33 Å². The number of halogens is 1. The van der Waals surface area contributed by atoms with Crippen molar-refractivity contribution in [2.24, 2.45) is 0 Å². The SMILES string of the molecule is O=[C]=[Mo](=[C]=O)=[C]=O.[CH2-]CCBr.c1cc[cH-]c1. The van der Waals surface area contributed by atoms with E-state index < -0.39 is 15.9 Å². The molecule has 1 aromatic carbocycles. The van der Waals surface area contributed by atoms with Crippen LogP contribution in [0.15, 0.2) is 30.3 Å². The second-order valence-corrected chi connectivity index (χ2v) is 5.59.